The molecule has 26 heavy (non-hydrogen) atoms. The van der Waals surface area contributed by atoms with Gasteiger partial charge in [0, 0.05) is 25.0 Å². The third-order valence-corrected chi connectivity index (χ3v) is 5.56. The number of hydrogen-bond acceptors (Lipinski definition) is 5. The highest BCUT2D eigenvalue weighted by Gasteiger charge is 2.29. The summed E-state index contributed by atoms with van der Waals surface area (Å²) in [5.41, 5.74) is 8.06. The largest absolute Gasteiger partial charge is 0.380 e. The molecule has 2 N–H and O–H groups in total. The van der Waals surface area contributed by atoms with Crippen LogP contribution in [-0.4, -0.2) is 51.1 Å². The number of hydrogen-bond donors (Lipinski definition) is 1. The van der Waals surface area contributed by atoms with E-state index >= 15 is 0 Å². The molecule has 0 bridgehead atoms. The van der Waals surface area contributed by atoms with E-state index in [1.54, 1.807) is 0 Å². The second-order valence-electron chi connectivity index (χ2n) is 7.50. The van der Waals surface area contributed by atoms with E-state index in [1.165, 1.54) is 75.6 Å². The van der Waals surface area contributed by atoms with Crippen molar-refractivity contribution in [3.8, 4) is 0 Å². The van der Waals surface area contributed by atoms with Gasteiger partial charge >= 0.3 is 0 Å². The second-order valence-corrected chi connectivity index (χ2v) is 7.50. The predicted octanol–water partition coefficient (Wildman–Crippen LogP) is 4.00. The van der Waals surface area contributed by atoms with Gasteiger partial charge in [0.15, 0.2) is 0 Å². The Morgan fingerprint density at radius 3 is 1.92 bits per heavy atom. The molecule has 0 atom stereocenters. The number of nitrogens with two attached hydrogens (primary N) is 1. The van der Waals surface area contributed by atoms with Gasteiger partial charge in [-0.15, -0.1) is 0 Å². The van der Waals surface area contributed by atoms with E-state index < -0.39 is 0 Å². The van der Waals surface area contributed by atoms with Gasteiger partial charge in [0.25, 0.3) is 0 Å². The van der Waals surface area contributed by atoms with E-state index in [1.807, 2.05) is 6.92 Å². The fourth-order valence-corrected chi connectivity index (χ4v) is 4.23. The first-order valence-electron chi connectivity index (χ1n) is 10.8. The lowest BCUT2D eigenvalue weighted by Crippen LogP contribution is -2.33. The molecule has 0 unspecified atom stereocenters. The van der Waals surface area contributed by atoms with Gasteiger partial charge in [0.1, 0.15) is 6.73 Å². The van der Waals surface area contributed by atoms with Crippen LogP contribution in [0.2, 0.25) is 0 Å². The molecule has 2 rings (SSSR count). The Morgan fingerprint density at radius 1 is 0.808 bits per heavy atom. The Balaban J connectivity index is 2.16. The molecule has 2 aliphatic carbocycles. The van der Waals surface area contributed by atoms with Gasteiger partial charge in [-0.3, -0.25) is 9.98 Å². The van der Waals surface area contributed by atoms with Gasteiger partial charge in [-0.25, -0.2) is 0 Å². The molecule has 150 valence electrons. The van der Waals surface area contributed by atoms with Crippen molar-refractivity contribution in [2.24, 2.45) is 27.6 Å². The highest BCUT2D eigenvalue weighted by atomic mass is 16.5. The summed E-state index contributed by atoms with van der Waals surface area (Å²) in [6.45, 7) is 5.78. The van der Waals surface area contributed by atoms with Crippen molar-refractivity contribution in [3.63, 3.8) is 0 Å². The van der Waals surface area contributed by atoms with E-state index in [4.69, 9.17) is 25.2 Å². The fourth-order valence-electron chi connectivity index (χ4n) is 4.23. The van der Waals surface area contributed by atoms with Gasteiger partial charge in [-0.1, -0.05) is 38.5 Å². The summed E-state index contributed by atoms with van der Waals surface area (Å²) < 4.78 is 11.1. The quantitative estimate of drug-likeness (QED) is 0.444. The molecule has 2 aliphatic rings. The summed E-state index contributed by atoms with van der Waals surface area (Å²) in [5.74, 6) is 1.12. The van der Waals surface area contributed by atoms with Crippen LogP contribution in [0, 0.1) is 11.8 Å². The topological polar surface area (TPSA) is 69.2 Å². The molecule has 0 aromatic carbocycles. The smallest absolute Gasteiger partial charge is 0.137 e. The first-order valence-corrected chi connectivity index (χ1v) is 10.8. The molecular formula is C21H39N3O2. The van der Waals surface area contributed by atoms with Crippen LogP contribution in [0.1, 0.15) is 71.1 Å². The summed E-state index contributed by atoms with van der Waals surface area (Å²) in [6.07, 6.45) is 13.0. The first-order chi connectivity index (χ1) is 12.9. The molecule has 0 aromatic rings. The van der Waals surface area contributed by atoms with E-state index in [2.05, 4.69) is 0 Å². The lowest BCUT2D eigenvalue weighted by Gasteiger charge is -2.30. The Bertz CT molecular complexity index is 385. The Labute approximate surface area is 159 Å². The summed E-state index contributed by atoms with van der Waals surface area (Å²) in [5, 5.41) is 0. The van der Waals surface area contributed by atoms with Gasteiger partial charge in [-0.05, 0) is 32.6 Å². The van der Waals surface area contributed by atoms with Crippen molar-refractivity contribution in [1.29, 1.82) is 0 Å². The molecule has 0 spiro atoms. The van der Waals surface area contributed by atoms with Crippen molar-refractivity contribution >= 4 is 11.4 Å². The van der Waals surface area contributed by atoms with Crippen molar-refractivity contribution < 1.29 is 9.47 Å². The minimum Gasteiger partial charge on any atom is -0.380 e. The van der Waals surface area contributed by atoms with Crippen LogP contribution >= 0.6 is 0 Å². The third kappa shape index (κ3) is 7.45. The standard InChI is InChI=1S/C21H39N3O2/c1-2-25-16-14-23-20(18-9-5-3-6-10-18)21(24-17-26-15-13-22)19-11-7-4-8-12-19/h18-19H,2-17,22H2,1H3/b23-20+,24-21+. The SMILES string of the molecule is CCOCC/N=C(/C(=N/COCCN)C1CCCCC1)C1CCCCC1. The molecule has 0 heterocycles. The molecule has 2 saturated carbocycles. The van der Waals surface area contributed by atoms with Crippen LogP contribution in [0.5, 0.6) is 0 Å². The van der Waals surface area contributed by atoms with Gasteiger partial charge in [0.05, 0.1) is 31.2 Å². The molecule has 2 fully saturated rings. The van der Waals surface area contributed by atoms with Crippen molar-refractivity contribution in [2.75, 3.05) is 39.6 Å². The lowest BCUT2D eigenvalue weighted by atomic mass is 9.77. The Kier molecular flexibility index (Phi) is 11.1. The zero-order valence-electron chi connectivity index (χ0n) is 16.8. The molecule has 0 radical (unpaired) electrons. The maximum atomic E-state index is 5.59. The number of nitrogens with zero attached hydrogens (tertiary/aromatic N) is 2. The minimum absolute atomic E-state index is 0.417. The number of aliphatic imine (C=N–C) groups is 2. The van der Waals surface area contributed by atoms with E-state index in [9.17, 15) is 0 Å². The zero-order valence-corrected chi connectivity index (χ0v) is 16.8. The molecule has 5 nitrogen and oxygen atoms in total. The molecule has 0 aliphatic heterocycles. The molecule has 5 heteroatoms. The Hall–Kier alpha value is -0.780. The van der Waals surface area contributed by atoms with Crippen LogP contribution in [0.4, 0.5) is 0 Å². The predicted molar refractivity (Wildman–Crippen MR) is 109 cm³/mol. The minimum atomic E-state index is 0.417. The highest BCUT2D eigenvalue weighted by molar-refractivity contribution is 6.43. The molecular weight excluding hydrogens is 326 g/mol. The van der Waals surface area contributed by atoms with Crippen LogP contribution in [0.25, 0.3) is 0 Å². The highest BCUT2D eigenvalue weighted by Crippen LogP contribution is 2.31. The van der Waals surface area contributed by atoms with Crippen LogP contribution in [0.3, 0.4) is 0 Å². The summed E-state index contributed by atoms with van der Waals surface area (Å²) in [4.78, 5) is 9.97. The summed E-state index contributed by atoms with van der Waals surface area (Å²) in [7, 11) is 0. The number of ether oxygens (including phenoxy) is 2. The van der Waals surface area contributed by atoms with Crippen LogP contribution in [-0.2, 0) is 9.47 Å². The lowest BCUT2D eigenvalue weighted by molar-refractivity contribution is 0.149. The number of rotatable bonds is 11. The fraction of sp³-hybridized carbons (Fsp3) is 0.905. The van der Waals surface area contributed by atoms with Crippen LogP contribution in [0.15, 0.2) is 9.98 Å². The van der Waals surface area contributed by atoms with Gasteiger partial charge < -0.3 is 15.2 Å². The zero-order chi connectivity index (χ0) is 18.5. The van der Waals surface area contributed by atoms with Gasteiger partial charge in [-0.2, -0.15) is 0 Å². The summed E-state index contributed by atoms with van der Waals surface area (Å²) >= 11 is 0. The van der Waals surface area contributed by atoms with E-state index in [-0.39, 0.29) is 0 Å². The average molecular weight is 366 g/mol. The normalized spacial score (nSPS) is 21.3. The Morgan fingerprint density at radius 2 is 1.38 bits per heavy atom. The maximum absolute atomic E-state index is 5.59. The van der Waals surface area contributed by atoms with E-state index in [0.717, 1.165) is 13.2 Å². The average Bonchev–Trinajstić information content (AvgIpc) is 2.70. The van der Waals surface area contributed by atoms with Crippen molar-refractivity contribution in [2.45, 2.75) is 71.1 Å². The summed E-state index contributed by atoms with van der Waals surface area (Å²) in [6, 6.07) is 0. The maximum Gasteiger partial charge on any atom is 0.137 e. The van der Waals surface area contributed by atoms with Crippen molar-refractivity contribution in [3.05, 3.63) is 0 Å². The van der Waals surface area contributed by atoms with Crippen LogP contribution < -0.4 is 5.73 Å². The molecule has 0 amide bonds. The van der Waals surface area contributed by atoms with Crippen molar-refractivity contribution in [1.82, 2.24) is 0 Å². The van der Waals surface area contributed by atoms with Gasteiger partial charge in [0.2, 0.25) is 0 Å². The molecule has 0 saturated heterocycles. The monoisotopic (exact) mass is 365 g/mol. The first kappa shape index (κ1) is 21.5. The molecule has 0 aromatic heterocycles. The van der Waals surface area contributed by atoms with E-state index in [0.29, 0.717) is 38.3 Å². The third-order valence-electron chi connectivity index (χ3n) is 5.56. The second kappa shape index (κ2) is 13.4.